The second-order valence-corrected chi connectivity index (χ2v) is 0.650. The molecular weight excluding hydrogens is 88.0 g/mol. The van der Waals surface area contributed by atoms with Gasteiger partial charge in [-0.3, -0.25) is 0 Å². The van der Waals surface area contributed by atoms with Gasteiger partial charge in [0, 0.05) is 0 Å². The Morgan fingerprint density at radius 1 is 1.83 bits per heavy atom. The molecule has 0 N–H and O–H groups in total. The van der Waals surface area contributed by atoms with Gasteiger partial charge in [0.15, 0.2) is 0 Å². The minimum atomic E-state index is -1.28. The Morgan fingerprint density at radius 3 is 2.33 bits per heavy atom. The maximum absolute atomic E-state index is 11.0. The number of hydrogen-bond acceptors (Lipinski definition) is 1. The molecule has 0 rings (SSSR count). The predicted octanol–water partition coefficient (Wildman–Crippen LogP) is 0.981. The average molecular weight is 90.1 g/mol. The molecule has 0 fully saturated rings. The highest BCUT2D eigenvalue weighted by molar-refractivity contribution is 5.00. The van der Waals surface area contributed by atoms with Gasteiger partial charge in [-0.1, -0.05) is 0 Å². The molecule has 0 bridgehead atoms. The van der Waals surface area contributed by atoms with Crippen molar-refractivity contribution in [1.29, 1.82) is 5.26 Å². The van der Waals surface area contributed by atoms with Crippen LogP contribution in [0.2, 0.25) is 0 Å². The van der Waals surface area contributed by atoms with Crippen molar-refractivity contribution in [3.05, 3.63) is 6.17 Å². The van der Waals surface area contributed by atoms with Gasteiger partial charge in [-0.2, -0.15) is 5.26 Å². The van der Waals surface area contributed by atoms with E-state index in [9.17, 15) is 8.78 Å². The minimum absolute atomic E-state index is 0.990. The fraction of sp³-hybridized carbons (Fsp3) is 0.333. The van der Waals surface area contributed by atoms with Crippen LogP contribution in [0.1, 0.15) is 0 Å². The lowest BCUT2D eigenvalue weighted by molar-refractivity contribution is 0.409. The molecule has 0 saturated carbocycles. The first-order valence-electron chi connectivity index (χ1n) is 1.28. The Bertz CT molecular complexity index is 65.7. The topological polar surface area (TPSA) is 23.8 Å². The summed E-state index contributed by atoms with van der Waals surface area (Å²) >= 11 is 0. The van der Waals surface area contributed by atoms with Gasteiger partial charge in [0.1, 0.15) is 12.7 Å². The molecule has 0 saturated heterocycles. The van der Waals surface area contributed by atoms with E-state index in [1.165, 1.54) is 0 Å². The van der Waals surface area contributed by atoms with Gasteiger partial charge in [-0.05, 0) is 0 Å². The summed E-state index contributed by atoms with van der Waals surface area (Å²) in [6, 6.07) is 0.990. The van der Waals surface area contributed by atoms with Gasteiger partial charge >= 0.3 is 0 Å². The van der Waals surface area contributed by atoms with Crippen LogP contribution in [0.3, 0.4) is 0 Å². The molecule has 1 nitrogen and oxygen atoms in total. The fourth-order valence-corrected chi connectivity index (χ4v) is 0.0299. The van der Waals surface area contributed by atoms with Gasteiger partial charge in [-0.25, -0.2) is 8.78 Å². The molecule has 0 aliphatic heterocycles. The van der Waals surface area contributed by atoms with Crippen LogP contribution in [0, 0.1) is 17.5 Å². The number of nitrogens with zero attached hydrogens (tertiary/aromatic N) is 1. The second-order valence-electron chi connectivity index (χ2n) is 0.650. The van der Waals surface area contributed by atoms with Crippen molar-refractivity contribution in [2.45, 2.75) is 0 Å². The molecule has 0 amide bonds. The zero-order chi connectivity index (χ0) is 4.99. The Morgan fingerprint density at radius 2 is 2.33 bits per heavy atom. The molecule has 0 spiro atoms. The number of halogens is 2. The molecule has 0 unspecified atom stereocenters. The molecule has 3 heteroatoms. The summed E-state index contributed by atoms with van der Waals surface area (Å²) in [4.78, 5) is 0. The fourth-order valence-electron chi connectivity index (χ4n) is 0.0299. The maximum Gasteiger partial charge on any atom is 0.273 e. The molecule has 0 aromatic rings. The second kappa shape index (κ2) is 2.58. The standard InChI is InChI=1S/C3H2F2N/c4-1-3(5)2-6/h1H2. The molecule has 1 radical (unpaired) electrons. The van der Waals surface area contributed by atoms with Crippen molar-refractivity contribution in [3.63, 3.8) is 0 Å². The van der Waals surface area contributed by atoms with E-state index < -0.39 is 12.8 Å². The number of nitriles is 1. The third-order valence-electron chi connectivity index (χ3n) is 0.239. The van der Waals surface area contributed by atoms with Gasteiger partial charge in [-0.15, -0.1) is 0 Å². The summed E-state index contributed by atoms with van der Waals surface area (Å²) in [5.41, 5.74) is 0. The smallest absolute Gasteiger partial charge is 0.246 e. The Hall–Kier alpha value is -0.650. The van der Waals surface area contributed by atoms with Crippen LogP contribution in [0.4, 0.5) is 8.78 Å². The first kappa shape index (κ1) is 5.35. The Labute approximate surface area is 34.2 Å². The quantitative estimate of drug-likeness (QED) is 0.470. The van der Waals surface area contributed by atoms with E-state index in [1.807, 2.05) is 0 Å². The van der Waals surface area contributed by atoms with E-state index in [-0.39, 0.29) is 0 Å². The SMILES string of the molecule is N#C[C](F)CF. The summed E-state index contributed by atoms with van der Waals surface area (Å²) in [6.07, 6.45) is -1.27. The number of rotatable bonds is 1. The van der Waals surface area contributed by atoms with Crippen molar-refractivity contribution < 1.29 is 8.78 Å². The van der Waals surface area contributed by atoms with E-state index in [4.69, 9.17) is 5.26 Å². The van der Waals surface area contributed by atoms with E-state index in [0.29, 0.717) is 0 Å². The molecule has 33 valence electrons. The van der Waals surface area contributed by atoms with Crippen LogP contribution in [0.25, 0.3) is 0 Å². The zero-order valence-electron chi connectivity index (χ0n) is 2.91. The lowest BCUT2D eigenvalue weighted by Gasteiger charge is -1.77. The van der Waals surface area contributed by atoms with Crippen molar-refractivity contribution in [1.82, 2.24) is 0 Å². The molecule has 0 aromatic heterocycles. The van der Waals surface area contributed by atoms with Crippen LogP contribution in [-0.4, -0.2) is 6.67 Å². The summed E-state index contributed by atoms with van der Waals surface area (Å²) < 4.78 is 21.8. The van der Waals surface area contributed by atoms with Crippen LogP contribution in [0.5, 0.6) is 0 Å². The van der Waals surface area contributed by atoms with E-state index in [0.717, 1.165) is 6.07 Å². The third kappa shape index (κ3) is 1.65. The van der Waals surface area contributed by atoms with Gasteiger partial charge < -0.3 is 0 Å². The predicted molar refractivity (Wildman–Crippen MR) is 15.9 cm³/mol. The van der Waals surface area contributed by atoms with Crippen LogP contribution >= 0.6 is 0 Å². The number of hydrogen-bond donors (Lipinski definition) is 0. The zero-order valence-corrected chi connectivity index (χ0v) is 2.91. The van der Waals surface area contributed by atoms with Crippen LogP contribution in [-0.2, 0) is 0 Å². The molecule has 0 aliphatic rings. The van der Waals surface area contributed by atoms with Gasteiger partial charge in [0.05, 0.1) is 0 Å². The minimum Gasteiger partial charge on any atom is -0.246 e. The normalized spacial score (nSPS) is 8.33. The van der Waals surface area contributed by atoms with E-state index in [2.05, 4.69) is 0 Å². The summed E-state index contributed by atoms with van der Waals surface area (Å²) in [5, 5.41) is 7.43. The van der Waals surface area contributed by atoms with Crippen molar-refractivity contribution in [2.75, 3.05) is 6.67 Å². The molecule has 6 heavy (non-hydrogen) atoms. The first-order valence-corrected chi connectivity index (χ1v) is 1.28. The highest BCUT2D eigenvalue weighted by Gasteiger charge is 2.00. The highest BCUT2D eigenvalue weighted by atomic mass is 19.2. The molecule has 0 aliphatic carbocycles. The maximum atomic E-state index is 11.0. The van der Waals surface area contributed by atoms with E-state index in [1.54, 1.807) is 0 Å². The summed E-state index contributed by atoms with van der Waals surface area (Å²) in [6.45, 7) is -1.28. The monoisotopic (exact) mass is 90.0 g/mol. The van der Waals surface area contributed by atoms with Crippen molar-refractivity contribution in [2.24, 2.45) is 0 Å². The number of alkyl halides is 1. The Kier molecular flexibility index (Phi) is 2.30. The molecule has 0 heterocycles. The average Bonchev–Trinajstić information content (AvgIpc) is 1.65. The molecule has 0 atom stereocenters. The summed E-state index contributed by atoms with van der Waals surface area (Å²) in [7, 11) is 0. The van der Waals surface area contributed by atoms with Crippen molar-refractivity contribution >= 4 is 0 Å². The molecular formula is C3H2F2N. The highest BCUT2D eigenvalue weighted by Crippen LogP contribution is 1.96. The van der Waals surface area contributed by atoms with Crippen LogP contribution < -0.4 is 0 Å². The van der Waals surface area contributed by atoms with Gasteiger partial charge in [0.2, 0.25) is 0 Å². The molecule has 0 aromatic carbocycles. The van der Waals surface area contributed by atoms with Gasteiger partial charge in [0.25, 0.3) is 6.17 Å². The van der Waals surface area contributed by atoms with Crippen LogP contribution in [0.15, 0.2) is 0 Å². The first-order chi connectivity index (χ1) is 2.81. The van der Waals surface area contributed by atoms with E-state index >= 15 is 0 Å². The summed E-state index contributed by atoms with van der Waals surface area (Å²) in [5.74, 6) is 0. The lowest BCUT2D eigenvalue weighted by atomic mass is 10.5. The van der Waals surface area contributed by atoms with Crippen molar-refractivity contribution in [3.8, 4) is 6.07 Å². The third-order valence-corrected chi connectivity index (χ3v) is 0.239. The Balaban J connectivity index is 3.04. The largest absolute Gasteiger partial charge is 0.273 e. The lowest BCUT2D eigenvalue weighted by Crippen LogP contribution is -1.82.